The number of alkyl carbamates (subject to hydrolysis) is 1. The zero-order chi connectivity index (χ0) is 16.0. The van der Waals surface area contributed by atoms with Gasteiger partial charge in [0.25, 0.3) is 0 Å². The summed E-state index contributed by atoms with van der Waals surface area (Å²) >= 11 is 0. The van der Waals surface area contributed by atoms with Crippen LogP contribution in [0.5, 0.6) is 0 Å². The lowest BCUT2D eigenvalue weighted by Crippen LogP contribution is -2.46. The van der Waals surface area contributed by atoms with Crippen molar-refractivity contribution in [3.8, 4) is 12.3 Å². The molecule has 0 heterocycles. The molecule has 0 saturated carbocycles. The van der Waals surface area contributed by atoms with Crippen molar-refractivity contribution in [1.82, 2.24) is 5.32 Å². The lowest BCUT2D eigenvalue weighted by molar-refractivity contribution is 0.0706. The predicted molar refractivity (Wildman–Crippen MR) is 82.9 cm³/mol. The highest BCUT2D eigenvalue weighted by Gasteiger charge is 2.39. The van der Waals surface area contributed by atoms with Gasteiger partial charge in [0.05, 0.1) is 0 Å². The first-order valence-electron chi connectivity index (χ1n) is 7.40. The first-order chi connectivity index (χ1) is 10.1. The van der Waals surface area contributed by atoms with Crippen LogP contribution in [-0.2, 0) is 18.0 Å². The van der Waals surface area contributed by atoms with Crippen molar-refractivity contribution in [3.05, 3.63) is 0 Å². The minimum absolute atomic E-state index is 0.234. The third-order valence-corrected chi connectivity index (χ3v) is 5.65. The van der Waals surface area contributed by atoms with Crippen molar-refractivity contribution >= 4 is 14.9 Å². The Bertz CT molecular complexity index is 302. The smallest absolute Gasteiger partial charge is 0.449 e. The normalized spacial score (nSPS) is 11.0. The Kier molecular flexibility index (Phi) is 12.0. The number of carbonyl (C=O) groups excluding carboxylic acids is 1. The van der Waals surface area contributed by atoms with E-state index >= 15 is 0 Å². The largest absolute Gasteiger partial charge is 0.500 e. The van der Waals surface area contributed by atoms with Gasteiger partial charge in [-0.25, -0.2) is 4.79 Å². The Balaban J connectivity index is 4.06. The molecule has 0 aliphatic heterocycles. The third kappa shape index (κ3) is 9.47. The van der Waals surface area contributed by atoms with E-state index < -0.39 is 14.9 Å². The molecule has 0 atom stereocenters. The molecule has 0 fully saturated rings. The molecule has 0 aromatic heterocycles. The molecule has 0 radical (unpaired) electrons. The highest BCUT2D eigenvalue weighted by Crippen LogP contribution is 2.17. The van der Waals surface area contributed by atoms with Crippen LogP contribution in [0.25, 0.3) is 0 Å². The topological polar surface area (TPSA) is 66.0 Å². The molecule has 0 aromatic rings. The van der Waals surface area contributed by atoms with Gasteiger partial charge < -0.3 is 23.3 Å². The van der Waals surface area contributed by atoms with Crippen LogP contribution in [0.3, 0.4) is 0 Å². The summed E-state index contributed by atoms with van der Waals surface area (Å²) in [5.74, 6) is 2.40. The zero-order valence-electron chi connectivity index (χ0n) is 13.3. The predicted octanol–water partition coefficient (Wildman–Crippen LogP) is 2.17. The molecule has 21 heavy (non-hydrogen) atoms. The van der Waals surface area contributed by atoms with Crippen molar-refractivity contribution in [1.29, 1.82) is 0 Å². The minimum atomic E-state index is -2.62. The standard InChI is InChI=1S/C14H27NO5Si/c1-5-9-12-17-14(16)15-11-10-13-21(18-6-2,19-7-3)20-8-4/h1H,6-13H2,2-4H3,(H,15,16). The van der Waals surface area contributed by atoms with Gasteiger partial charge >= 0.3 is 14.9 Å². The van der Waals surface area contributed by atoms with Crippen LogP contribution >= 0.6 is 0 Å². The number of rotatable bonds is 12. The van der Waals surface area contributed by atoms with Gasteiger partial charge in [-0.05, 0) is 27.2 Å². The monoisotopic (exact) mass is 317 g/mol. The van der Waals surface area contributed by atoms with Crippen LogP contribution in [0.2, 0.25) is 6.04 Å². The van der Waals surface area contributed by atoms with Gasteiger partial charge in [0, 0.05) is 38.8 Å². The number of amides is 1. The van der Waals surface area contributed by atoms with E-state index in [4.69, 9.17) is 24.4 Å². The van der Waals surface area contributed by atoms with Crippen molar-refractivity contribution in [2.24, 2.45) is 0 Å². The van der Waals surface area contributed by atoms with Crippen LogP contribution in [-0.4, -0.2) is 47.9 Å². The van der Waals surface area contributed by atoms with Gasteiger partial charge in [-0.2, -0.15) is 0 Å². The summed E-state index contributed by atoms with van der Waals surface area (Å²) < 4.78 is 22.1. The summed E-state index contributed by atoms with van der Waals surface area (Å²) in [5.41, 5.74) is 0. The molecule has 1 amide bonds. The summed E-state index contributed by atoms with van der Waals surface area (Å²) in [6, 6.07) is 0.660. The average molecular weight is 317 g/mol. The summed E-state index contributed by atoms with van der Waals surface area (Å²) in [4.78, 5) is 11.3. The maximum Gasteiger partial charge on any atom is 0.500 e. The molecular weight excluding hydrogens is 290 g/mol. The number of ether oxygens (including phenoxy) is 1. The summed E-state index contributed by atoms with van der Waals surface area (Å²) in [7, 11) is -2.62. The minimum Gasteiger partial charge on any atom is -0.449 e. The van der Waals surface area contributed by atoms with Gasteiger partial charge in [0.1, 0.15) is 6.61 Å². The maximum atomic E-state index is 11.3. The van der Waals surface area contributed by atoms with Gasteiger partial charge in [0.15, 0.2) is 0 Å². The number of carbonyl (C=O) groups is 1. The number of terminal acetylenes is 1. The van der Waals surface area contributed by atoms with Crippen LogP contribution in [0.1, 0.15) is 33.6 Å². The first-order valence-corrected chi connectivity index (χ1v) is 9.33. The van der Waals surface area contributed by atoms with Gasteiger partial charge in [-0.15, -0.1) is 12.3 Å². The van der Waals surface area contributed by atoms with E-state index in [0.29, 0.717) is 45.3 Å². The molecule has 7 heteroatoms. The second-order valence-electron chi connectivity index (χ2n) is 4.10. The quantitative estimate of drug-likeness (QED) is 0.339. The average Bonchev–Trinajstić information content (AvgIpc) is 2.45. The maximum absolute atomic E-state index is 11.3. The summed E-state index contributed by atoms with van der Waals surface area (Å²) in [6.07, 6.45) is 5.74. The SMILES string of the molecule is C#CCCOC(=O)NCCC[Si](OCC)(OCC)OCC. The van der Waals surface area contributed by atoms with E-state index in [1.165, 1.54) is 0 Å². The van der Waals surface area contributed by atoms with Gasteiger partial charge in [-0.1, -0.05) is 0 Å². The highest BCUT2D eigenvalue weighted by atomic mass is 28.4. The molecular formula is C14H27NO5Si. The Morgan fingerprint density at radius 2 is 1.71 bits per heavy atom. The molecule has 0 aliphatic rings. The molecule has 6 nitrogen and oxygen atoms in total. The molecule has 0 aromatic carbocycles. The third-order valence-electron chi connectivity index (χ3n) is 2.50. The van der Waals surface area contributed by atoms with Crippen molar-refractivity contribution in [2.45, 2.75) is 39.7 Å². The van der Waals surface area contributed by atoms with Crippen molar-refractivity contribution < 1.29 is 22.8 Å². The lowest BCUT2D eigenvalue weighted by Gasteiger charge is -2.28. The van der Waals surface area contributed by atoms with Gasteiger partial charge in [-0.3, -0.25) is 0 Å². The van der Waals surface area contributed by atoms with E-state index in [2.05, 4.69) is 11.2 Å². The first kappa shape index (κ1) is 19.9. The molecule has 1 N–H and O–H groups in total. The van der Waals surface area contributed by atoms with Crippen molar-refractivity contribution in [2.75, 3.05) is 33.0 Å². The fourth-order valence-corrected chi connectivity index (χ4v) is 4.36. The van der Waals surface area contributed by atoms with E-state index in [0.717, 1.165) is 0 Å². The van der Waals surface area contributed by atoms with Crippen molar-refractivity contribution in [3.63, 3.8) is 0 Å². The van der Waals surface area contributed by atoms with Crippen LogP contribution in [0.4, 0.5) is 4.79 Å². The van der Waals surface area contributed by atoms with E-state index in [1.807, 2.05) is 20.8 Å². The lowest BCUT2D eigenvalue weighted by atomic mass is 10.5. The van der Waals surface area contributed by atoms with E-state index in [1.54, 1.807) is 0 Å². The Hall–Kier alpha value is -1.07. The summed E-state index contributed by atoms with van der Waals surface area (Å²) in [6.45, 7) is 8.12. The molecule has 0 rings (SSSR count). The fraction of sp³-hybridized carbons (Fsp3) is 0.786. The molecule has 0 saturated heterocycles. The Labute approximate surface area is 128 Å². The second kappa shape index (κ2) is 12.7. The molecule has 0 spiro atoms. The van der Waals surface area contributed by atoms with E-state index in [9.17, 15) is 4.79 Å². The molecule has 0 aliphatic carbocycles. The van der Waals surface area contributed by atoms with Crippen LogP contribution in [0.15, 0.2) is 0 Å². The number of hydrogen-bond donors (Lipinski definition) is 1. The van der Waals surface area contributed by atoms with Gasteiger partial charge in [0.2, 0.25) is 0 Å². The fourth-order valence-electron chi connectivity index (χ4n) is 1.75. The molecule has 122 valence electrons. The second-order valence-corrected chi connectivity index (χ2v) is 6.83. The Morgan fingerprint density at radius 1 is 1.14 bits per heavy atom. The highest BCUT2D eigenvalue weighted by molar-refractivity contribution is 6.60. The molecule has 0 bridgehead atoms. The summed E-state index contributed by atoms with van der Waals surface area (Å²) in [5, 5.41) is 2.67. The number of nitrogens with one attached hydrogen (secondary N) is 1. The van der Waals surface area contributed by atoms with E-state index in [-0.39, 0.29) is 6.61 Å². The molecule has 0 unspecified atom stereocenters. The number of hydrogen-bond acceptors (Lipinski definition) is 5. The Morgan fingerprint density at radius 3 is 2.19 bits per heavy atom. The van der Waals surface area contributed by atoms with Crippen LogP contribution in [0, 0.1) is 12.3 Å². The van der Waals surface area contributed by atoms with Crippen LogP contribution < -0.4 is 5.32 Å². The zero-order valence-corrected chi connectivity index (χ0v) is 14.3.